The first-order valence-electron chi connectivity index (χ1n) is 10.6. The Bertz CT molecular complexity index is 1240. The van der Waals surface area contributed by atoms with Crippen LogP contribution >= 0.6 is 0 Å². The van der Waals surface area contributed by atoms with E-state index in [1.54, 1.807) is 45.9 Å². The zero-order valence-electron chi connectivity index (χ0n) is 19.6. The summed E-state index contributed by atoms with van der Waals surface area (Å²) >= 11 is 0. The van der Waals surface area contributed by atoms with Gasteiger partial charge in [-0.2, -0.15) is 0 Å². The van der Waals surface area contributed by atoms with Crippen molar-refractivity contribution in [3.63, 3.8) is 0 Å². The Morgan fingerprint density at radius 3 is 2.44 bits per heavy atom. The topological polar surface area (TPSA) is 114 Å². The molecule has 0 unspecified atom stereocenters. The maximum Gasteiger partial charge on any atom is 0.416 e. The van der Waals surface area contributed by atoms with Gasteiger partial charge in [0.1, 0.15) is 17.2 Å². The second kappa shape index (κ2) is 9.82. The first-order chi connectivity index (χ1) is 16.0. The first-order valence-corrected chi connectivity index (χ1v) is 10.6. The van der Waals surface area contributed by atoms with Crippen LogP contribution in [-0.2, 0) is 9.53 Å². The molecule has 34 heavy (non-hydrogen) atoms. The lowest BCUT2D eigenvalue weighted by Gasteiger charge is -2.28. The molecule has 0 aliphatic carbocycles. The molecule has 2 aromatic heterocycles. The number of fused-ring (bicyclic) bond motifs is 1. The van der Waals surface area contributed by atoms with E-state index in [1.165, 1.54) is 36.2 Å². The minimum absolute atomic E-state index is 0.00559. The van der Waals surface area contributed by atoms with Crippen molar-refractivity contribution in [3.8, 4) is 11.3 Å². The molecule has 0 radical (unpaired) electrons. The molecule has 9 nitrogen and oxygen atoms in total. The van der Waals surface area contributed by atoms with Gasteiger partial charge in [-0.1, -0.05) is 6.07 Å². The fourth-order valence-electron chi connectivity index (χ4n) is 3.30. The fraction of sp³-hybridized carbons (Fsp3) is 0.292. The summed E-state index contributed by atoms with van der Waals surface area (Å²) < 4.78 is 19.8. The molecule has 2 N–H and O–H groups in total. The minimum atomic E-state index is -0.777. The number of carbonyl (C=O) groups excluding carboxylic acids is 3. The number of halogens is 1. The summed E-state index contributed by atoms with van der Waals surface area (Å²) in [5.74, 6) is -1.69. The Morgan fingerprint density at radius 2 is 1.85 bits per heavy atom. The van der Waals surface area contributed by atoms with Gasteiger partial charge >= 0.3 is 6.09 Å². The molecule has 0 aliphatic rings. The van der Waals surface area contributed by atoms with Crippen molar-refractivity contribution in [2.24, 2.45) is 0 Å². The smallest absolute Gasteiger partial charge is 0.416 e. The van der Waals surface area contributed by atoms with Crippen LogP contribution < -0.4 is 15.8 Å². The normalized spacial score (nSPS) is 11.1. The third-order valence-corrected chi connectivity index (χ3v) is 4.61. The molecule has 0 fully saturated rings. The van der Waals surface area contributed by atoms with Crippen LogP contribution in [0.15, 0.2) is 42.6 Å². The number of rotatable bonds is 4. The van der Waals surface area contributed by atoms with Crippen LogP contribution in [0.4, 0.5) is 15.0 Å². The summed E-state index contributed by atoms with van der Waals surface area (Å²) in [6.07, 6.45) is 0.850. The van der Waals surface area contributed by atoms with Crippen molar-refractivity contribution in [2.75, 3.05) is 11.4 Å². The number of nitrogens with zero attached hydrogens (tertiary/aromatic N) is 3. The number of ether oxygens (including phenoxy) is 1. The lowest BCUT2D eigenvalue weighted by atomic mass is 9.98. The average molecular weight is 468 g/mol. The summed E-state index contributed by atoms with van der Waals surface area (Å²) in [6.45, 7) is 8.35. The van der Waals surface area contributed by atoms with Crippen molar-refractivity contribution in [2.45, 2.75) is 40.2 Å². The highest BCUT2D eigenvalue weighted by atomic mass is 19.1. The van der Waals surface area contributed by atoms with E-state index in [0.29, 0.717) is 5.69 Å². The van der Waals surface area contributed by atoms with Crippen molar-refractivity contribution < 1.29 is 23.5 Å². The summed E-state index contributed by atoms with van der Waals surface area (Å²) in [5, 5.41) is 0.187. The predicted molar refractivity (Wildman–Crippen MR) is 125 cm³/mol. The van der Waals surface area contributed by atoms with Gasteiger partial charge in [0.2, 0.25) is 5.91 Å². The van der Waals surface area contributed by atoms with E-state index in [9.17, 15) is 18.8 Å². The van der Waals surface area contributed by atoms with E-state index < -0.39 is 29.3 Å². The van der Waals surface area contributed by atoms with E-state index >= 15 is 0 Å². The highest BCUT2D eigenvalue weighted by molar-refractivity contribution is 6.14. The van der Waals surface area contributed by atoms with Gasteiger partial charge in [-0.3, -0.25) is 30.3 Å². The highest BCUT2D eigenvalue weighted by Gasteiger charge is 2.30. The molecule has 1 aromatic carbocycles. The molecule has 178 valence electrons. The third kappa shape index (κ3) is 5.45. The van der Waals surface area contributed by atoms with Gasteiger partial charge in [0.25, 0.3) is 5.91 Å². The van der Waals surface area contributed by atoms with Gasteiger partial charge in [-0.25, -0.2) is 14.2 Å². The predicted octanol–water partition coefficient (Wildman–Crippen LogP) is 3.98. The monoisotopic (exact) mass is 467 g/mol. The van der Waals surface area contributed by atoms with E-state index in [-0.39, 0.29) is 34.4 Å². The number of hydrogen-bond donors (Lipinski definition) is 2. The van der Waals surface area contributed by atoms with Crippen molar-refractivity contribution in [3.05, 3.63) is 54.0 Å². The number of aromatic nitrogens is 2. The van der Waals surface area contributed by atoms with Crippen molar-refractivity contribution in [1.29, 1.82) is 0 Å². The van der Waals surface area contributed by atoms with Gasteiger partial charge in [0.05, 0.1) is 22.3 Å². The largest absolute Gasteiger partial charge is 0.443 e. The Labute approximate surface area is 196 Å². The molecule has 0 aliphatic heterocycles. The maximum absolute atomic E-state index is 14.2. The molecule has 3 rings (SSSR count). The first kappa shape index (κ1) is 24.6. The summed E-state index contributed by atoms with van der Waals surface area (Å²) in [4.78, 5) is 48.0. The molecule has 0 saturated heterocycles. The summed E-state index contributed by atoms with van der Waals surface area (Å²) in [7, 11) is 0. The molecule has 0 saturated carbocycles. The summed E-state index contributed by atoms with van der Waals surface area (Å²) in [6, 6.07) is 8.84. The fourth-order valence-corrected chi connectivity index (χ4v) is 3.30. The Morgan fingerprint density at radius 1 is 1.12 bits per heavy atom. The second-order valence-corrected chi connectivity index (χ2v) is 8.42. The highest BCUT2D eigenvalue weighted by Crippen LogP contribution is 2.37. The molecule has 10 heteroatoms. The molecule has 0 atom stereocenters. The molecule has 0 bridgehead atoms. The maximum atomic E-state index is 14.2. The number of anilines is 1. The zero-order valence-corrected chi connectivity index (χ0v) is 19.6. The van der Waals surface area contributed by atoms with E-state index in [1.807, 2.05) is 0 Å². The number of hydrogen-bond acceptors (Lipinski definition) is 6. The van der Waals surface area contributed by atoms with Crippen LogP contribution in [0.3, 0.4) is 0 Å². The van der Waals surface area contributed by atoms with E-state index in [2.05, 4.69) is 20.8 Å². The van der Waals surface area contributed by atoms with Gasteiger partial charge in [0.15, 0.2) is 0 Å². The molecular weight excluding hydrogens is 441 g/mol. The van der Waals surface area contributed by atoms with Crippen LogP contribution in [0.2, 0.25) is 0 Å². The lowest BCUT2D eigenvalue weighted by molar-refractivity contribution is -0.119. The molecule has 0 spiro atoms. The quantitative estimate of drug-likeness (QED) is 0.561. The van der Waals surface area contributed by atoms with E-state index in [4.69, 9.17) is 4.74 Å². The van der Waals surface area contributed by atoms with Crippen molar-refractivity contribution in [1.82, 2.24) is 20.8 Å². The number of carbonyl (C=O) groups is 3. The molecule has 3 amide bonds. The number of pyridine rings is 2. The number of nitrogens with one attached hydrogen (secondary N) is 2. The average Bonchev–Trinajstić information content (AvgIpc) is 2.76. The lowest BCUT2D eigenvalue weighted by Crippen LogP contribution is -2.41. The molecule has 2 heterocycles. The number of benzene rings is 1. The van der Waals surface area contributed by atoms with Gasteiger partial charge in [-0.15, -0.1) is 0 Å². The zero-order chi connectivity index (χ0) is 25.0. The third-order valence-electron chi connectivity index (χ3n) is 4.61. The molecule has 3 aromatic rings. The molecular formula is C24H26FN5O4. The summed E-state index contributed by atoms with van der Waals surface area (Å²) in [5.41, 5.74) is 4.56. The standard InChI is InChI=1S/C24H26FN5O4/c1-6-30(23(33)34-24(3,4)5)21-20(18-9-7-8-12-26-18)19(22(32)29-28-14(2)31)16-13-15(25)10-11-17(16)27-21/h7-13H,6H2,1-5H3,(H,28,31)(H,29,32). The van der Waals surface area contributed by atoms with Gasteiger partial charge < -0.3 is 4.74 Å². The minimum Gasteiger partial charge on any atom is -0.443 e. The number of hydrazine groups is 1. The number of amides is 3. The Balaban J connectivity index is 2.37. The van der Waals surface area contributed by atoms with Crippen LogP contribution in [0.5, 0.6) is 0 Å². The van der Waals surface area contributed by atoms with Crippen LogP contribution in [0, 0.1) is 5.82 Å². The second-order valence-electron chi connectivity index (χ2n) is 8.42. The van der Waals surface area contributed by atoms with Gasteiger partial charge in [-0.05, 0) is 58.0 Å². The van der Waals surface area contributed by atoms with Crippen molar-refractivity contribution >= 4 is 34.6 Å². The van der Waals surface area contributed by atoms with Gasteiger partial charge in [0, 0.05) is 25.1 Å². The van der Waals surface area contributed by atoms with Crippen LogP contribution in [0.25, 0.3) is 22.2 Å². The van der Waals surface area contributed by atoms with Crippen LogP contribution in [-0.4, -0.2) is 40.0 Å². The van der Waals surface area contributed by atoms with Crippen LogP contribution in [0.1, 0.15) is 45.0 Å². The Hall–Kier alpha value is -4.08. The van der Waals surface area contributed by atoms with E-state index in [0.717, 1.165) is 0 Å². The Kier molecular flexibility index (Phi) is 7.09. The SMILES string of the molecule is CCN(C(=O)OC(C)(C)C)c1nc2ccc(F)cc2c(C(=O)NNC(C)=O)c1-c1ccccn1.